The van der Waals surface area contributed by atoms with Gasteiger partial charge in [-0.3, -0.25) is 14.5 Å². The van der Waals surface area contributed by atoms with Gasteiger partial charge in [0.05, 0.1) is 11.7 Å². The molecule has 0 saturated heterocycles. The SMILES string of the molecule is CCCC(=O)Nc1ccc2c(c1)C(=O)N(C)C[C@@H](OC)[C@@H](C)CN(Cc1ccc(F)cc1)[C@@H](C)CO2. The van der Waals surface area contributed by atoms with Crippen LogP contribution in [0.4, 0.5) is 10.1 Å². The highest BCUT2D eigenvalue weighted by Crippen LogP contribution is 2.27. The summed E-state index contributed by atoms with van der Waals surface area (Å²) in [6, 6.07) is 11.7. The summed E-state index contributed by atoms with van der Waals surface area (Å²) in [5, 5.41) is 2.86. The molecule has 1 heterocycles. The lowest BCUT2D eigenvalue weighted by molar-refractivity contribution is -0.116. The van der Waals surface area contributed by atoms with E-state index in [1.807, 2.05) is 6.92 Å². The first-order chi connectivity index (χ1) is 17.2. The Labute approximate surface area is 213 Å². The molecule has 1 N–H and O–H groups in total. The molecule has 196 valence electrons. The standard InChI is InChI=1S/C28H38FN3O4/c1-6-7-27(33)30-23-12-13-25-24(14-23)28(34)31(4)17-26(35-5)19(2)15-32(20(3)18-36-25)16-21-8-10-22(29)11-9-21/h8-14,19-20,26H,6-7,15-18H2,1-5H3,(H,30,33)/t19-,20-,26+/m0/s1. The minimum Gasteiger partial charge on any atom is -0.491 e. The van der Waals surface area contributed by atoms with Crippen LogP contribution in [0.3, 0.4) is 0 Å². The van der Waals surface area contributed by atoms with Gasteiger partial charge in [-0.25, -0.2) is 4.39 Å². The molecule has 0 aliphatic carbocycles. The maximum absolute atomic E-state index is 13.4. The Balaban J connectivity index is 1.91. The Morgan fingerprint density at radius 1 is 1.17 bits per heavy atom. The lowest BCUT2D eigenvalue weighted by Crippen LogP contribution is -2.46. The van der Waals surface area contributed by atoms with Crippen LogP contribution in [0.25, 0.3) is 0 Å². The fourth-order valence-electron chi connectivity index (χ4n) is 4.42. The maximum Gasteiger partial charge on any atom is 0.257 e. The number of likely N-dealkylation sites (N-methyl/N-ethyl adjacent to an activating group) is 1. The fraction of sp³-hybridized carbons (Fsp3) is 0.500. The Kier molecular flexibility index (Phi) is 9.84. The van der Waals surface area contributed by atoms with Gasteiger partial charge in [-0.1, -0.05) is 26.0 Å². The molecule has 0 radical (unpaired) electrons. The number of fused-ring (bicyclic) bond motifs is 1. The highest BCUT2D eigenvalue weighted by molar-refractivity contribution is 5.99. The van der Waals surface area contributed by atoms with Crippen molar-refractivity contribution in [2.24, 2.45) is 5.92 Å². The van der Waals surface area contributed by atoms with Crippen molar-refractivity contribution < 1.29 is 23.5 Å². The summed E-state index contributed by atoms with van der Waals surface area (Å²) in [7, 11) is 3.41. The molecule has 0 spiro atoms. The van der Waals surface area contributed by atoms with Crippen LogP contribution in [-0.2, 0) is 16.1 Å². The first-order valence-corrected chi connectivity index (χ1v) is 12.5. The molecule has 0 bridgehead atoms. The third-order valence-corrected chi connectivity index (χ3v) is 6.63. The van der Waals surface area contributed by atoms with Crippen LogP contribution in [0.15, 0.2) is 42.5 Å². The second-order valence-corrected chi connectivity index (χ2v) is 9.66. The fourth-order valence-corrected chi connectivity index (χ4v) is 4.42. The van der Waals surface area contributed by atoms with Crippen molar-refractivity contribution in [3.8, 4) is 5.75 Å². The number of halogens is 1. The monoisotopic (exact) mass is 499 g/mol. The van der Waals surface area contributed by atoms with Crippen LogP contribution in [0.1, 0.15) is 49.5 Å². The van der Waals surface area contributed by atoms with Crippen LogP contribution >= 0.6 is 0 Å². The molecule has 8 heteroatoms. The van der Waals surface area contributed by atoms with Crippen LogP contribution in [0, 0.1) is 11.7 Å². The van der Waals surface area contributed by atoms with Gasteiger partial charge in [0.2, 0.25) is 5.91 Å². The highest BCUT2D eigenvalue weighted by atomic mass is 19.1. The summed E-state index contributed by atoms with van der Waals surface area (Å²) in [6.07, 6.45) is 0.971. The number of nitrogens with zero attached hydrogens (tertiary/aromatic N) is 2. The number of methoxy groups -OCH3 is 1. The number of nitrogens with one attached hydrogen (secondary N) is 1. The first-order valence-electron chi connectivity index (χ1n) is 12.5. The molecule has 2 amide bonds. The number of ether oxygens (including phenoxy) is 2. The summed E-state index contributed by atoms with van der Waals surface area (Å²) in [5.74, 6) is 0.0438. The number of hydrogen-bond acceptors (Lipinski definition) is 5. The van der Waals surface area contributed by atoms with E-state index in [1.54, 1.807) is 49.4 Å². The molecule has 0 fully saturated rings. The minimum absolute atomic E-state index is 0.0130. The van der Waals surface area contributed by atoms with Gasteiger partial charge >= 0.3 is 0 Å². The molecule has 36 heavy (non-hydrogen) atoms. The van der Waals surface area contributed by atoms with Crippen molar-refractivity contribution in [1.82, 2.24) is 9.80 Å². The van der Waals surface area contributed by atoms with Gasteiger partial charge in [-0.2, -0.15) is 0 Å². The molecule has 2 aromatic rings. The van der Waals surface area contributed by atoms with Gasteiger partial charge in [0, 0.05) is 51.9 Å². The van der Waals surface area contributed by atoms with Crippen molar-refractivity contribution in [2.75, 3.05) is 39.2 Å². The summed E-state index contributed by atoms with van der Waals surface area (Å²) in [4.78, 5) is 29.5. The van der Waals surface area contributed by atoms with Crippen LogP contribution < -0.4 is 10.1 Å². The van der Waals surface area contributed by atoms with Crippen molar-refractivity contribution in [3.05, 3.63) is 59.4 Å². The van der Waals surface area contributed by atoms with Crippen LogP contribution in [-0.4, -0.2) is 67.6 Å². The lowest BCUT2D eigenvalue weighted by Gasteiger charge is -2.36. The Morgan fingerprint density at radius 2 is 1.89 bits per heavy atom. The zero-order chi connectivity index (χ0) is 26.2. The normalized spacial score (nSPS) is 21.7. The van der Waals surface area contributed by atoms with Crippen molar-refractivity contribution >= 4 is 17.5 Å². The molecule has 2 aromatic carbocycles. The van der Waals surface area contributed by atoms with Gasteiger partial charge in [-0.15, -0.1) is 0 Å². The predicted octanol–water partition coefficient (Wildman–Crippen LogP) is 4.57. The number of carbonyl (C=O) groups excluding carboxylic acids is 2. The van der Waals surface area contributed by atoms with E-state index in [1.165, 1.54) is 12.1 Å². The van der Waals surface area contributed by atoms with E-state index in [9.17, 15) is 14.0 Å². The third kappa shape index (κ3) is 7.27. The van der Waals surface area contributed by atoms with Gasteiger partial charge in [0.15, 0.2) is 0 Å². The second-order valence-electron chi connectivity index (χ2n) is 9.66. The molecule has 3 rings (SSSR count). The van der Waals surface area contributed by atoms with E-state index in [2.05, 4.69) is 24.1 Å². The zero-order valence-corrected chi connectivity index (χ0v) is 21.9. The number of rotatable bonds is 6. The van der Waals surface area contributed by atoms with E-state index in [4.69, 9.17) is 9.47 Å². The summed E-state index contributed by atoms with van der Waals surface area (Å²) < 4.78 is 25.4. The van der Waals surface area contributed by atoms with Gasteiger partial charge < -0.3 is 19.7 Å². The molecular weight excluding hydrogens is 461 g/mol. The Bertz CT molecular complexity index is 1030. The van der Waals surface area contributed by atoms with Gasteiger partial charge in [0.1, 0.15) is 18.2 Å². The molecule has 0 saturated carbocycles. The molecular formula is C28H38FN3O4. The zero-order valence-electron chi connectivity index (χ0n) is 21.9. The second kappa shape index (κ2) is 12.8. The van der Waals surface area contributed by atoms with Crippen LogP contribution in [0.5, 0.6) is 5.75 Å². The van der Waals surface area contributed by atoms with E-state index in [0.717, 1.165) is 18.5 Å². The Morgan fingerprint density at radius 3 is 2.56 bits per heavy atom. The summed E-state index contributed by atoms with van der Waals surface area (Å²) in [5.41, 5.74) is 1.97. The number of benzene rings is 2. The molecule has 0 unspecified atom stereocenters. The number of amides is 2. The smallest absolute Gasteiger partial charge is 0.257 e. The number of anilines is 1. The lowest BCUT2D eigenvalue weighted by atomic mass is 10.0. The summed E-state index contributed by atoms with van der Waals surface area (Å²) >= 11 is 0. The van der Waals surface area contributed by atoms with E-state index in [0.29, 0.717) is 43.1 Å². The highest BCUT2D eigenvalue weighted by Gasteiger charge is 2.28. The topological polar surface area (TPSA) is 71.1 Å². The molecule has 1 aliphatic rings. The van der Waals surface area contributed by atoms with E-state index >= 15 is 0 Å². The quantitative estimate of drug-likeness (QED) is 0.631. The largest absolute Gasteiger partial charge is 0.491 e. The first kappa shape index (κ1) is 27.6. The van der Waals surface area contributed by atoms with E-state index in [-0.39, 0.29) is 35.7 Å². The maximum atomic E-state index is 13.4. The molecule has 3 atom stereocenters. The van der Waals surface area contributed by atoms with Gasteiger partial charge in [0.25, 0.3) is 5.91 Å². The van der Waals surface area contributed by atoms with Crippen LogP contribution in [0.2, 0.25) is 0 Å². The minimum atomic E-state index is -0.258. The van der Waals surface area contributed by atoms with Crippen molar-refractivity contribution in [1.29, 1.82) is 0 Å². The number of hydrogen-bond donors (Lipinski definition) is 1. The van der Waals surface area contributed by atoms with Crippen molar-refractivity contribution in [2.45, 2.75) is 52.3 Å². The molecule has 7 nitrogen and oxygen atoms in total. The summed E-state index contributed by atoms with van der Waals surface area (Å²) in [6.45, 7) is 8.25. The van der Waals surface area contributed by atoms with Crippen molar-refractivity contribution in [3.63, 3.8) is 0 Å². The third-order valence-electron chi connectivity index (χ3n) is 6.63. The predicted molar refractivity (Wildman–Crippen MR) is 139 cm³/mol. The van der Waals surface area contributed by atoms with E-state index < -0.39 is 0 Å². The Hall–Kier alpha value is -2.97. The number of carbonyl (C=O) groups is 2. The van der Waals surface area contributed by atoms with Gasteiger partial charge in [-0.05, 0) is 55.2 Å². The molecule has 0 aromatic heterocycles. The molecule has 1 aliphatic heterocycles. The average molecular weight is 500 g/mol. The average Bonchev–Trinajstić information content (AvgIpc) is 2.86.